The molecule has 16 heteroatoms. The van der Waals surface area contributed by atoms with Crippen LogP contribution in [0.3, 0.4) is 0 Å². The fraction of sp³-hybridized carbons (Fsp3) is 0.389. The number of aryl methyl sites for hydroxylation is 1. The number of piperazine rings is 1. The summed E-state index contributed by atoms with van der Waals surface area (Å²) in [7, 11) is 0. The Labute approximate surface area is 416 Å². The number of thiophene rings is 1. The van der Waals surface area contributed by atoms with Crippen LogP contribution in [0.5, 0.6) is 11.5 Å². The Bertz CT molecular complexity index is 2830. The van der Waals surface area contributed by atoms with Crippen LogP contribution in [-0.4, -0.2) is 136 Å². The van der Waals surface area contributed by atoms with E-state index in [0.29, 0.717) is 56.2 Å². The zero-order chi connectivity index (χ0) is 49.1. The topological polar surface area (TPSA) is 179 Å². The Balaban J connectivity index is 0.746. The third-order valence-electron chi connectivity index (χ3n) is 14.3. The number of hydrogen-bond donors (Lipinski definition) is 5. The molecule has 0 radical (unpaired) electrons. The van der Waals surface area contributed by atoms with Crippen molar-refractivity contribution in [3.05, 3.63) is 119 Å². The number of fused-ring (bicyclic) bond motifs is 1. The Kier molecular flexibility index (Phi) is 14.7. The molecule has 0 aliphatic carbocycles. The molecule has 6 aromatic rings. The summed E-state index contributed by atoms with van der Waals surface area (Å²) in [5.41, 5.74) is 6.91. The number of nitrogens with one attached hydrogen (secondary N) is 2. The molecular weight excluding hydrogens is 923 g/mol. The molecule has 2 aromatic heterocycles. The minimum atomic E-state index is -1.01. The van der Waals surface area contributed by atoms with Crippen LogP contribution in [-0.2, 0) is 20.9 Å². The quantitative estimate of drug-likeness (QED) is 0.0667. The second kappa shape index (κ2) is 21.0. The standard InChI is InChI=1S/C54H61N7O7S2/c1-34-49(69-33-56-34)37-8-6-35(7-9-37)30-55-52(67)44-5-4-22-61(44)53(68)51(54(2,3)32-62)57-46(65)31-58-25-27-60(28-26-58)40-20-23-59(24-21-40)39-14-10-36(11-15-39)48(66)47-43-19-18-42(64)29-45(43)70-50(47)38-12-16-41(63)17-13-38/h6-19,29,33,40,44,51,62-64H,4-5,20-28,30-32H2,1-3H3,(H,55,67)(H,57,65)/t44?,51-/m1/s1. The van der Waals surface area contributed by atoms with E-state index in [1.54, 1.807) is 72.5 Å². The number of carbonyl (C=O) groups excluding carboxylic acids is 4. The predicted octanol–water partition coefficient (Wildman–Crippen LogP) is 7.04. The molecule has 0 saturated carbocycles. The summed E-state index contributed by atoms with van der Waals surface area (Å²) in [6, 6.07) is 26.5. The van der Waals surface area contributed by atoms with Crippen molar-refractivity contribution in [2.24, 2.45) is 5.41 Å². The summed E-state index contributed by atoms with van der Waals surface area (Å²) in [5.74, 6) is -0.689. The number of carbonyl (C=O) groups is 4. The zero-order valence-corrected chi connectivity index (χ0v) is 41.5. The van der Waals surface area contributed by atoms with Crippen LogP contribution in [0.4, 0.5) is 5.69 Å². The summed E-state index contributed by atoms with van der Waals surface area (Å²) >= 11 is 3.03. The third kappa shape index (κ3) is 10.6. The van der Waals surface area contributed by atoms with Crippen LogP contribution < -0.4 is 15.5 Å². The molecule has 0 bridgehead atoms. The average molecular weight is 984 g/mol. The zero-order valence-electron chi connectivity index (χ0n) is 39.9. The van der Waals surface area contributed by atoms with Crippen LogP contribution in [0.1, 0.15) is 66.7 Å². The number of thiazole rings is 1. The van der Waals surface area contributed by atoms with Gasteiger partial charge in [-0.05, 0) is 116 Å². The van der Waals surface area contributed by atoms with Crippen molar-refractivity contribution in [3.8, 4) is 32.4 Å². The Hall–Kier alpha value is -6.17. The van der Waals surface area contributed by atoms with Crippen molar-refractivity contribution in [2.75, 3.05) is 63.9 Å². The molecule has 366 valence electrons. The average Bonchev–Trinajstić information content (AvgIpc) is 4.14. The maximum absolute atomic E-state index is 14.2. The van der Waals surface area contributed by atoms with Gasteiger partial charge in [-0.25, -0.2) is 4.98 Å². The third-order valence-corrected chi connectivity index (χ3v) is 16.5. The lowest BCUT2D eigenvalue weighted by atomic mass is 9.84. The molecule has 3 fully saturated rings. The first-order valence-corrected chi connectivity index (χ1v) is 25.8. The summed E-state index contributed by atoms with van der Waals surface area (Å²) in [4.78, 5) is 70.4. The first-order chi connectivity index (χ1) is 33.8. The fourth-order valence-electron chi connectivity index (χ4n) is 10.1. The monoisotopic (exact) mass is 983 g/mol. The van der Waals surface area contributed by atoms with E-state index in [2.05, 4.69) is 30.3 Å². The first kappa shape index (κ1) is 48.8. The molecule has 14 nitrogen and oxygen atoms in total. The van der Waals surface area contributed by atoms with Gasteiger partial charge in [0.2, 0.25) is 17.7 Å². The second-order valence-electron chi connectivity index (χ2n) is 19.5. The van der Waals surface area contributed by atoms with E-state index in [0.717, 1.165) is 86.9 Å². The van der Waals surface area contributed by atoms with Gasteiger partial charge in [0.25, 0.3) is 0 Å². The van der Waals surface area contributed by atoms with Crippen molar-refractivity contribution >= 4 is 62.0 Å². The number of aliphatic hydroxyl groups is 1. The van der Waals surface area contributed by atoms with Crippen molar-refractivity contribution in [1.29, 1.82) is 0 Å². The number of aromatic hydroxyl groups is 2. The number of amides is 3. The van der Waals surface area contributed by atoms with E-state index < -0.39 is 17.5 Å². The fourth-order valence-corrected chi connectivity index (χ4v) is 12.1. The van der Waals surface area contributed by atoms with Gasteiger partial charge in [-0.15, -0.1) is 22.7 Å². The molecular formula is C54H61N7O7S2. The number of aromatic nitrogens is 1. The predicted molar refractivity (Wildman–Crippen MR) is 275 cm³/mol. The summed E-state index contributed by atoms with van der Waals surface area (Å²) in [5, 5.41) is 37.3. The van der Waals surface area contributed by atoms with Gasteiger partial charge in [0.1, 0.15) is 23.6 Å². The molecule has 3 amide bonds. The highest BCUT2D eigenvalue weighted by atomic mass is 32.1. The second-order valence-corrected chi connectivity index (χ2v) is 21.4. The molecule has 2 atom stereocenters. The Morgan fingerprint density at radius 2 is 1.47 bits per heavy atom. The lowest BCUT2D eigenvalue weighted by Crippen LogP contribution is -2.60. The smallest absolute Gasteiger partial charge is 0.246 e. The maximum Gasteiger partial charge on any atom is 0.246 e. The van der Waals surface area contributed by atoms with Gasteiger partial charge in [-0.1, -0.05) is 38.1 Å². The summed E-state index contributed by atoms with van der Waals surface area (Å²) < 4.78 is 0.811. The largest absolute Gasteiger partial charge is 0.508 e. The molecule has 9 rings (SSSR count). The van der Waals surface area contributed by atoms with E-state index in [1.165, 1.54) is 11.3 Å². The van der Waals surface area contributed by atoms with Gasteiger partial charge in [0, 0.05) is 95.6 Å². The van der Waals surface area contributed by atoms with E-state index in [-0.39, 0.29) is 48.2 Å². The number of piperidine rings is 1. The van der Waals surface area contributed by atoms with Crippen LogP contribution in [0.25, 0.3) is 31.0 Å². The van der Waals surface area contributed by atoms with E-state index in [1.807, 2.05) is 61.0 Å². The van der Waals surface area contributed by atoms with Gasteiger partial charge in [0.15, 0.2) is 5.78 Å². The Morgan fingerprint density at radius 1 is 0.800 bits per heavy atom. The maximum atomic E-state index is 14.2. The molecule has 3 aliphatic rings. The highest BCUT2D eigenvalue weighted by molar-refractivity contribution is 7.22. The van der Waals surface area contributed by atoms with E-state index >= 15 is 0 Å². The molecule has 5 heterocycles. The number of rotatable bonds is 15. The molecule has 5 N–H and O–H groups in total. The number of aliphatic hydroxyl groups excluding tert-OH is 1. The van der Waals surface area contributed by atoms with Gasteiger partial charge >= 0.3 is 0 Å². The van der Waals surface area contributed by atoms with Gasteiger partial charge < -0.3 is 35.8 Å². The number of nitrogens with zero attached hydrogens (tertiary/aromatic N) is 5. The van der Waals surface area contributed by atoms with Gasteiger partial charge in [-0.2, -0.15) is 0 Å². The molecule has 1 unspecified atom stereocenters. The molecule has 3 aliphatic heterocycles. The number of ketones is 1. The number of anilines is 1. The number of phenolic OH excluding ortho intramolecular Hbond substituents is 2. The summed E-state index contributed by atoms with van der Waals surface area (Å²) in [6.07, 6.45) is 3.16. The molecule has 70 heavy (non-hydrogen) atoms. The lowest BCUT2D eigenvalue weighted by Gasteiger charge is -2.43. The van der Waals surface area contributed by atoms with Crippen LogP contribution >= 0.6 is 22.7 Å². The lowest BCUT2D eigenvalue weighted by molar-refractivity contribution is -0.145. The minimum Gasteiger partial charge on any atom is -0.508 e. The SMILES string of the molecule is Cc1ncsc1-c1ccc(CNC(=O)C2CCCN2C(=O)[C@@H](NC(=O)CN2CCN(C3CCN(c4ccc(C(=O)c5c(-c6ccc(O)cc6)sc6cc(O)ccc56)cc4)CC3)CC2)C(C)(C)CO)cc1. The van der Waals surface area contributed by atoms with E-state index in [9.17, 15) is 34.5 Å². The number of benzene rings is 4. The van der Waals surface area contributed by atoms with Crippen LogP contribution in [0.15, 0.2) is 96.5 Å². The number of hydrogen-bond acceptors (Lipinski definition) is 13. The normalized spacial score (nSPS) is 17.7. The van der Waals surface area contributed by atoms with Crippen molar-refractivity contribution < 1.29 is 34.5 Å². The first-order valence-electron chi connectivity index (χ1n) is 24.1. The molecule has 3 saturated heterocycles. The van der Waals surface area contributed by atoms with E-state index in [4.69, 9.17) is 0 Å². The van der Waals surface area contributed by atoms with Crippen molar-refractivity contribution in [1.82, 2.24) is 30.3 Å². The molecule has 0 spiro atoms. The minimum absolute atomic E-state index is 0.0986. The number of likely N-dealkylation sites (tertiary alicyclic amines) is 1. The number of phenols is 2. The summed E-state index contributed by atoms with van der Waals surface area (Å²) in [6.45, 7) is 10.9. The molecule has 4 aromatic carbocycles. The highest BCUT2D eigenvalue weighted by Gasteiger charge is 2.44. The van der Waals surface area contributed by atoms with Crippen LogP contribution in [0, 0.1) is 12.3 Å². The van der Waals surface area contributed by atoms with Crippen LogP contribution in [0.2, 0.25) is 0 Å². The van der Waals surface area contributed by atoms with Gasteiger partial charge in [0.05, 0.1) is 29.2 Å². The van der Waals surface area contributed by atoms with Crippen molar-refractivity contribution in [2.45, 2.75) is 71.1 Å². The van der Waals surface area contributed by atoms with Crippen molar-refractivity contribution in [3.63, 3.8) is 0 Å². The highest BCUT2D eigenvalue weighted by Crippen LogP contribution is 2.42. The Morgan fingerprint density at radius 3 is 2.14 bits per heavy atom. The van der Waals surface area contributed by atoms with Gasteiger partial charge in [-0.3, -0.25) is 29.0 Å².